The number of alkyl halides is 3. The van der Waals surface area contributed by atoms with Crippen LogP contribution in [0.25, 0.3) is 0 Å². The molecule has 0 radical (unpaired) electrons. The van der Waals surface area contributed by atoms with Crippen LogP contribution in [-0.4, -0.2) is 29.9 Å². The van der Waals surface area contributed by atoms with Gasteiger partial charge in [0.25, 0.3) is 0 Å². The molecule has 0 unspecified atom stereocenters. The summed E-state index contributed by atoms with van der Waals surface area (Å²) in [5, 5.41) is 0. The third-order valence-electron chi connectivity index (χ3n) is 3.78. The summed E-state index contributed by atoms with van der Waals surface area (Å²) in [4.78, 5) is 9.91. The average Bonchev–Trinajstić information content (AvgIpc) is 2.47. The Kier molecular flexibility index (Phi) is 6.89. The van der Waals surface area contributed by atoms with Crippen LogP contribution in [-0.2, 0) is 6.18 Å². The number of halogens is 4. The number of nitrogens with zero attached hydrogens (tertiary/aromatic N) is 3. The molecular weight excluding hydrogens is 343 g/mol. The fourth-order valence-corrected chi connectivity index (χ4v) is 2.31. The second kappa shape index (κ2) is 8.23. The van der Waals surface area contributed by atoms with E-state index in [0.717, 1.165) is 38.1 Å². The molecule has 0 aromatic heterocycles. The number of guanidine groups is 2. The first-order valence-corrected chi connectivity index (χ1v) is 7.36. The Morgan fingerprint density at radius 2 is 1.67 bits per heavy atom. The van der Waals surface area contributed by atoms with Crippen molar-refractivity contribution in [3.8, 4) is 0 Å². The molecule has 134 valence electrons. The molecule has 0 saturated carbocycles. The number of rotatable bonds is 1. The van der Waals surface area contributed by atoms with Gasteiger partial charge in [-0.1, -0.05) is 6.92 Å². The average molecular weight is 364 g/mol. The largest absolute Gasteiger partial charge is 0.416 e. The van der Waals surface area contributed by atoms with Crippen molar-refractivity contribution in [1.82, 2.24) is 4.90 Å². The van der Waals surface area contributed by atoms with Crippen molar-refractivity contribution in [2.75, 3.05) is 13.1 Å². The Morgan fingerprint density at radius 3 is 2.17 bits per heavy atom. The summed E-state index contributed by atoms with van der Waals surface area (Å²) in [7, 11) is 0. The van der Waals surface area contributed by atoms with Gasteiger partial charge in [0.1, 0.15) is 0 Å². The van der Waals surface area contributed by atoms with Gasteiger partial charge in [0.2, 0.25) is 5.96 Å². The van der Waals surface area contributed by atoms with E-state index < -0.39 is 11.7 Å². The van der Waals surface area contributed by atoms with Crippen molar-refractivity contribution in [3.63, 3.8) is 0 Å². The van der Waals surface area contributed by atoms with E-state index in [-0.39, 0.29) is 24.3 Å². The molecule has 0 aliphatic carbocycles. The summed E-state index contributed by atoms with van der Waals surface area (Å²) < 4.78 is 37.4. The van der Waals surface area contributed by atoms with E-state index in [9.17, 15) is 13.2 Å². The molecule has 0 amide bonds. The molecule has 5 nitrogen and oxygen atoms in total. The molecule has 1 aliphatic heterocycles. The number of likely N-dealkylation sites (tertiary alicyclic amines) is 1. The summed E-state index contributed by atoms with van der Waals surface area (Å²) >= 11 is 0. The second-order valence-corrected chi connectivity index (χ2v) is 5.65. The Hall–Kier alpha value is -1.96. The number of piperidine rings is 1. The minimum absolute atomic E-state index is 0. The van der Waals surface area contributed by atoms with Crippen LogP contribution >= 0.6 is 12.4 Å². The van der Waals surface area contributed by atoms with E-state index in [2.05, 4.69) is 16.9 Å². The molecule has 1 aliphatic rings. The monoisotopic (exact) mass is 363 g/mol. The van der Waals surface area contributed by atoms with Crippen LogP contribution in [0.1, 0.15) is 25.3 Å². The van der Waals surface area contributed by atoms with Gasteiger partial charge in [0, 0.05) is 13.1 Å². The van der Waals surface area contributed by atoms with Gasteiger partial charge < -0.3 is 16.4 Å². The van der Waals surface area contributed by atoms with E-state index in [1.165, 1.54) is 12.1 Å². The van der Waals surface area contributed by atoms with E-state index in [4.69, 9.17) is 11.5 Å². The molecule has 1 fully saturated rings. The molecule has 1 saturated heterocycles. The Bertz CT molecular complexity index is 590. The van der Waals surface area contributed by atoms with Gasteiger partial charge in [-0.25, -0.2) is 4.99 Å². The van der Waals surface area contributed by atoms with Gasteiger partial charge in [-0.3, -0.25) is 0 Å². The van der Waals surface area contributed by atoms with Gasteiger partial charge in [0.05, 0.1) is 11.3 Å². The molecule has 0 spiro atoms. The topological polar surface area (TPSA) is 80.0 Å². The van der Waals surface area contributed by atoms with Crippen LogP contribution in [0.2, 0.25) is 0 Å². The highest BCUT2D eigenvalue weighted by Crippen LogP contribution is 2.30. The molecule has 1 aromatic carbocycles. The standard InChI is InChI=1S/C15H20F3N5.ClH/c1-10-6-8-23(9-7-10)14(20)22-13(19)21-12-4-2-11(3-5-12)15(16,17)18;/h2-5,10H,6-9H2,1H3,(H4,19,20,21,22);1H. The maximum atomic E-state index is 12.5. The van der Waals surface area contributed by atoms with Crippen LogP contribution in [0.3, 0.4) is 0 Å². The number of hydrogen-bond donors (Lipinski definition) is 2. The Balaban J connectivity index is 0.00000288. The summed E-state index contributed by atoms with van der Waals surface area (Å²) in [6.07, 6.45) is -2.31. The van der Waals surface area contributed by atoms with Crippen molar-refractivity contribution in [1.29, 1.82) is 0 Å². The Morgan fingerprint density at radius 1 is 1.12 bits per heavy atom. The van der Waals surface area contributed by atoms with Gasteiger partial charge >= 0.3 is 6.18 Å². The van der Waals surface area contributed by atoms with E-state index in [1.54, 1.807) is 0 Å². The van der Waals surface area contributed by atoms with Crippen molar-refractivity contribution in [2.24, 2.45) is 27.4 Å². The first-order chi connectivity index (χ1) is 10.8. The molecule has 9 heteroatoms. The van der Waals surface area contributed by atoms with Crippen molar-refractivity contribution in [3.05, 3.63) is 29.8 Å². The van der Waals surface area contributed by atoms with Gasteiger partial charge in [-0.2, -0.15) is 18.2 Å². The molecular formula is C15H21ClF3N5. The Labute approximate surface area is 145 Å². The first-order valence-electron chi connectivity index (χ1n) is 7.36. The molecule has 2 rings (SSSR count). The number of hydrogen-bond acceptors (Lipinski definition) is 1. The molecule has 1 heterocycles. The first kappa shape index (κ1) is 20.1. The fourth-order valence-electron chi connectivity index (χ4n) is 2.31. The zero-order chi connectivity index (χ0) is 17.0. The van der Waals surface area contributed by atoms with Crippen LogP contribution in [0.5, 0.6) is 0 Å². The minimum atomic E-state index is -4.37. The smallest absolute Gasteiger partial charge is 0.369 e. The molecule has 0 atom stereocenters. The maximum absolute atomic E-state index is 12.5. The predicted molar refractivity (Wildman–Crippen MR) is 91.6 cm³/mol. The summed E-state index contributed by atoms with van der Waals surface area (Å²) in [5.41, 5.74) is 11.1. The van der Waals surface area contributed by atoms with Crippen LogP contribution < -0.4 is 11.5 Å². The molecule has 1 aromatic rings. The third kappa shape index (κ3) is 5.59. The zero-order valence-electron chi connectivity index (χ0n) is 13.3. The molecule has 4 N–H and O–H groups in total. The minimum Gasteiger partial charge on any atom is -0.369 e. The summed E-state index contributed by atoms with van der Waals surface area (Å²) in [6.45, 7) is 3.80. The maximum Gasteiger partial charge on any atom is 0.416 e. The fraction of sp³-hybridized carbons (Fsp3) is 0.467. The lowest BCUT2D eigenvalue weighted by Gasteiger charge is -2.30. The lowest BCUT2D eigenvalue weighted by atomic mass is 10.00. The van der Waals surface area contributed by atoms with Crippen molar-refractivity contribution >= 4 is 30.0 Å². The summed E-state index contributed by atoms with van der Waals surface area (Å²) in [5.74, 6) is 0.864. The lowest BCUT2D eigenvalue weighted by molar-refractivity contribution is -0.137. The second-order valence-electron chi connectivity index (χ2n) is 5.65. The van der Waals surface area contributed by atoms with Crippen LogP contribution in [0, 0.1) is 5.92 Å². The van der Waals surface area contributed by atoms with E-state index in [1.807, 2.05) is 4.90 Å². The lowest BCUT2D eigenvalue weighted by Crippen LogP contribution is -2.43. The summed E-state index contributed by atoms with van der Waals surface area (Å²) in [6, 6.07) is 4.38. The number of benzene rings is 1. The van der Waals surface area contributed by atoms with Gasteiger partial charge in [-0.15, -0.1) is 12.4 Å². The van der Waals surface area contributed by atoms with E-state index >= 15 is 0 Å². The highest BCUT2D eigenvalue weighted by atomic mass is 35.5. The van der Waals surface area contributed by atoms with Crippen molar-refractivity contribution < 1.29 is 13.2 Å². The number of aliphatic imine (C=N–C) groups is 2. The molecule has 0 bridgehead atoms. The quantitative estimate of drug-likeness (QED) is 0.594. The normalized spacial score (nSPS) is 17.6. The third-order valence-corrected chi connectivity index (χ3v) is 3.78. The molecule has 24 heavy (non-hydrogen) atoms. The van der Waals surface area contributed by atoms with Gasteiger partial charge in [-0.05, 0) is 43.0 Å². The van der Waals surface area contributed by atoms with Crippen molar-refractivity contribution in [2.45, 2.75) is 25.9 Å². The number of nitrogens with two attached hydrogens (primary N) is 2. The van der Waals surface area contributed by atoms with Gasteiger partial charge in [0.15, 0.2) is 5.96 Å². The van der Waals surface area contributed by atoms with E-state index in [0.29, 0.717) is 11.6 Å². The van der Waals surface area contributed by atoms with Crippen LogP contribution in [0.4, 0.5) is 18.9 Å². The zero-order valence-corrected chi connectivity index (χ0v) is 14.1. The predicted octanol–water partition coefficient (Wildman–Crippen LogP) is 3.12. The highest BCUT2D eigenvalue weighted by molar-refractivity contribution is 5.94. The van der Waals surface area contributed by atoms with Crippen LogP contribution in [0.15, 0.2) is 34.3 Å². The SMILES string of the molecule is CC1CCN(C(N)=NC(N)=Nc2ccc(C(F)(F)F)cc2)CC1.Cl. The highest BCUT2D eigenvalue weighted by Gasteiger charge is 2.29.